The first kappa shape index (κ1) is 19.0. The first-order valence-corrected chi connectivity index (χ1v) is 8.73. The normalized spacial score (nSPS) is 25.9. The maximum Gasteiger partial charge on any atom is 0.164 e. The van der Waals surface area contributed by atoms with Crippen molar-refractivity contribution in [1.29, 1.82) is 0 Å². The van der Waals surface area contributed by atoms with Gasteiger partial charge < -0.3 is 30.0 Å². The number of rotatable bonds is 4. The zero-order valence-electron chi connectivity index (χ0n) is 14.3. The van der Waals surface area contributed by atoms with E-state index in [1.807, 2.05) is 0 Å². The van der Waals surface area contributed by atoms with Gasteiger partial charge in [0.2, 0.25) is 0 Å². The third-order valence-electron chi connectivity index (χ3n) is 4.79. The van der Waals surface area contributed by atoms with Gasteiger partial charge in [0, 0.05) is 6.20 Å². The highest BCUT2D eigenvalue weighted by atomic mass is 35.5. The van der Waals surface area contributed by atoms with Gasteiger partial charge >= 0.3 is 0 Å². The van der Waals surface area contributed by atoms with Crippen molar-refractivity contribution in [3.8, 4) is 0 Å². The molecular weight excluding hydrogens is 393 g/mol. The highest BCUT2D eigenvalue weighted by Crippen LogP contribution is 2.38. The van der Waals surface area contributed by atoms with Crippen molar-refractivity contribution in [2.75, 3.05) is 5.43 Å². The van der Waals surface area contributed by atoms with Crippen LogP contribution < -0.4 is 11.3 Å². The molecule has 6 N–H and O–H groups in total. The van der Waals surface area contributed by atoms with Gasteiger partial charge in [-0.25, -0.2) is 20.2 Å². The number of hydrogen-bond acceptors (Lipinski definition) is 8. The summed E-state index contributed by atoms with van der Waals surface area (Å²) in [6.45, 7) is 0. The number of aliphatic hydroxyl groups excluding tert-OH is 3. The molecule has 11 heteroatoms. The van der Waals surface area contributed by atoms with E-state index in [-0.39, 0.29) is 10.6 Å². The molecule has 9 nitrogen and oxygen atoms in total. The fourth-order valence-electron chi connectivity index (χ4n) is 3.35. The highest BCUT2D eigenvalue weighted by Gasteiger charge is 2.47. The number of nitrogens with two attached hydrogens (primary N) is 1. The number of anilines is 1. The van der Waals surface area contributed by atoms with Crippen molar-refractivity contribution in [3.05, 3.63) is 53.2 Å². The molecule has 0 radical (unpaired) electrons. The van der Waals surface area contributed by atoms with Gasteiger partial charge in [-0.05, 0) is 23.8 Å². The van der Waals surface area contributed by atoms with Crippen LogP contribution in [0, 0.1) is 5.82 Å². The SMILES string of the molecule is NNc1ncnc2c1ccn2[C@@H]1O[C@H]([C@H](O)c2ccc(Cl)c(F)c2)[C@@H](O)[C@H]1O. The Balaban J connectivity index is 1.65. The lowest BCUT2D eigenvalue weighted by molar-refractivity contribution is -0.0848. The van der Waals surface area contributed by atoms with Crippen molar-refractivity contribution < 1.29 is 24.4 Å². The van der Waals surface area contributed by atoms with Crippen LogP contribution in [-0.4, -0.2) is 48.2 Å². The van der Waals surface area contributed by atoms with Crippen LogP contribution >= 0.6 is 11.6 Å². The minimum atomic E-state index is -1.43. The Labute approximate surface area is 163 Å². The molecule has 0 aliphatic carbocycles. The summed E-state index contributed by atoms with van der Waals surface area (Å²) in [5, 5.41) is 32.0. The number of nitrogen functional groups attached to an aromatic ring is 1. The summed E-state index contributed by atoms with van der Waals surface area (Å²) in [6.07, 6.45) is -3.54. The quantitative estimate of drug-likeness (QED) is 0.316. The standard InChI is InChI=1S/C17H17ClFN5O4/c18-9-2-1-7(5-10(9)19)11(25)14-12(26)13(27)17(28-14)24-4-3-8-15(23-20)21-6-22-16(8)24/h1-6,11-14,17,25-27H,20H2,(H,21,22,23)/t11-,12+,13-,14-,17-/m1/s1. The van der Waals surface area contributed by atoms with E-state index < -0.39 is 36.5 Å². The second kappa shape index (κ2) is 7.24. The predicted molar refractivity (Wildman–Crippen MR) is 97.6 cm³/mol. The number of halogens is 2. The Bertz CT molecular complexity index is 1020. The minimum Gasteiger partial charge on any atom is -0.387 e. The predicted octanol–water partition coefficient (Wildman–Crippen LogP) is 0.862. The van der Waals surface area contributed by atoms with Crippen LogP contribution in [0.4, 0.5) is 10.2 Å². The van der Waals surface area contributed by atoms with Crippen LogP contribution in [0.5, 0.6) is 0 Å². The summed E-state index contributed by atoms with van der Waals surface area (Å²) in [5.41, 5.74) is 3.02. The third kappa shape index (κ3) is 3.00. The molecule has 1 aliphatic rings. The van der Waals surface area contributed by atoms with Crippen LogP contribution in [0.3, 0.4) is 0 Å². The number of nitrogens with one attached hydrogen (secondary N) is 1. The Morgan fingerprint density at radius 1 is 1.25 bits per heavy atom. The van der Waals surface area contributed by atoms with E-state index in [4.69, 9.17) is 22.2 Å². The molecule has 148 valence electrons. The van der Waals surface area contributed by atoms with Gasteiger partial charge in [0.15, 0.2) is 12.0 Å². The van der Waals surface area contributed by atoms with Gasteiger partial charge in [0.05, 0.1) is 10.4 Å². The second-order valence-electron chi connectivity index (χ2n) is 6.42. The zero-order chi connectivity index (χ0) is 20.0. The molecule has 1 saturated heterocycles. The van der Waals surface area contributed by atoms with Crippen LogP contribution in [0.2, 0.25) is 5.02 Å². The lowest BCUT2D eigenvalue weighted by atomic mass is 9.99. The molecule has 0 saturated carbocycles. The van der Waals surface area contributed by atoms with Gasteiger partial charge in [-0.15, -0.1) is 0 Å². The summed E-state index contributed by atoms with van der Waals surface area (Å²) in [4.78, 5) is 8.16. The van der Waals surface area contributed by atoms with E-state index in [0.29, 0.717) is 16.9 Å². The summed E-state index contributed by atoms with van der Waals surface area (Å²) >= 11 is 5.66. The summed E-state index contributed by atoms with van der Waals surface area (Å²) in [5.74, 6) is 5.10. The van der Waals surface area contributed by atoms with E-state index in [1.54, 1.807) is 12.3 Å². The minimum absolute atomic E-state index is 0.0930. The molecule has 0 bridgehead atoms. The van der Waals surface area contributed by atoms with Gasteiger partial charge in [-0.2, -0.15) is 0 Å². The molecule has 1 fully saturated rings. The van der Waals surface area contributed by atoms with E-state index in [1.165, 1.54) is 23.0 Å². The number of hydrazine groups is 1. The molecule has 3 aromatic rings. The van der Waals surface area contributed by atoms with E-state index >= 15 is 0 Å². The Morgan fingerprint density at radius 3 is 2.75 bits per heavy atom. The topological polar surface area (TPSA) is 139 Å². The monoisotopic (exact) mass is 409 g/mol. The molecule has 4 rings (SSSR count). The fourth-order valence-corrected chi connectivity index (χ4v) is 3.47. The molecule has 1 aromatic carbocycles. The number of ether oxygens (including phenoxy) is 1. The summed E-state index contributed by atoms with van der Waals surface area (Å²) < 4.78 is 21.0. The average Bonchev–Trinajstić information content (AvgIpc) is 3.25. The Morgan fingerprint density at radius 2 is 2.04 bits per heavy atom. The molecule has 0 amide bonds. The van der Waals surface area contributed by atoms with Crippen LogP contribution in [0.15, 0.2) is 36.8 Å². The van der Waals surface area contributed by atoms with Crippen LogP contribution in [0.25, 0.3) is 11.0 Å². The van der Waals surface area contributed by atoms with Crippen molar-refractivity contribution in [2.24, 2.45) is 5.84 Å². The molecule has 5 atom stereocenters. The number of aliphatic hydroxyl groups is 3. The van der Waals surface area contributed by atoms with Crippen LogP contribution in [0.1, 0.15) is 17.9 Å². The summed E-state index contributed by atoms with van der Waals surface area (Å²) in [6, 6.07) is 5.44. The zero-order valence-corrected chi connectivity index (χ0v) is 15.0. The Kier molecular flexibility index (Phi) is 4.91. The van der Waals surface area contributed by atoms with Crippen LogP contribution in [-0.2, 0) is 4.74 Å². The van der Waals surface area contributed by atoms with Gasteiger partial charge in [0.1, 0.15) is 42.2 Å². The average molecular weight is 410 g/mol. The largest absolute Gasteiger partial charge is 0.387 e. The molecule has 28 heavy (non-hydrogen) atoms. The fraction of sp³-hybridized carbons (Fsp3) is 0.294. The van der Waals surface area contributed by atoms with Crippen molar-refractivity contribution >= 4 is 28.5 Å². The van der Waals surface area contributed by atoms with Crippen molar-refractivity contribution in [1.82, 2.24) is 14.5 Å². The van der Waals surface area contributed by atoms with E-state index in [0.717, 1.165) is 6.07 Å². The molecule has 1 aliphatic heterocycles. The second-order valence-corrected chi connectivity index (χ2v) is 6.82. The molecule has 3 heterocycles. The van der Waals surface area contributed by atoms with Gasteiger partial charge in [-0.3, -0.25) is 0 Å². The van der Waals surface area contributed by atoms with Gasteiger partial charge in [0.25, 0.3) is 0 Å². The first-order valence-electron chi connectivity index (χ1n) is 8.35. The highest BCUT2D eigenvalue weighted by molar-refractivity contribution is 6.30. The third-order valence-corrected chi connectivity index (χ3v) is 5.10. The number of nitrogens with zero attached hydrogens (tertiary/aromatic N) is 3. The molecular formula is C17H17ClFN5O4. The lowest BCUT2D eigenvalue weighted by Gasteiger charge is -2.21. The number of fused-ring (bicyclic) bond motifs is 1. The summed E-state index contributed by atoms with van der Waals surface area (Å²) in [7, 11) is 0. The molecule has 0 spiro atoms. The Hall–Kier alpha value is -2.34. The van der Waals surface area contributed by atoms with E-state index in [2.05, 4.69) is 15.4 Å². The van der Waals surface area contributed by atoms with Crippen molar-refractivity contribution in [3.63, 3.8) is 0 Å². The molecule has 0 unspecified atom stereocenters. The number of aromatic nitrogens is 3. The van der Waals surface area contributed by atoms with E-state index in [9.17, 15) is 19.7 Å². The molecule has 2 aromatic heterocycles. The smallest absolute Gasteiger partial charge is 0.164 e. The first-order chi connectivity index (χ1) is 13.4. The number of hydrogen-bond donors (Lipinski definition) is 5. The number of benzene rings is 1. The maximum absolute atomic E-state index is 13.7. The van der Waals surface area contributed by atoms with Gasteiger partial charge in [-0.1, -0.05) is 17.7 Å². The lowest BCUT2D eigenvalue weighted by Crippen LogP contribution is -2.34. The maximum atomic E-state index is 13.7. The van der Waals surface area contributed by atoms with Crippen molar-refractivity contribution in [2.45, 2.75) is 30.6 Å².